The van der Waals surface area contributed by atoms with Crippen molar-refractivity contribution in [1.29, 1.82) is 0 Å². The van der Waals surface area contributed by atoms with Crippen molar-refractivity contribution >= 4 is 18.1 Å². The molecule has 0 fully saturated rings. The lowest BCUT2D eigenvalue weighted by atomic mass is 9.96. The number of ether oxygens (including phenoxy) is 4. The van der Waals surface area contributed by atoms with Crippen molar-refractivity contribution < 1.29 is 23.7 Å². The third kappa shape index (κ3) is 6.38. The minimum Gasteiger partial charge on any atom is -0.491 e. The molecule has 0 heterocycles. The van der Waals surface area contributed by atoms with E-state index in [1.807, 2.05) is 55.5 Å². The molecular weight excluding hydrogens is 440 g/mol. The summed E-state index contributed by atoms with van der Waals surface area (Å²) in [5.74, 6) is 0.425. The Morgan fingerprint density at radius 1 is 0.800 bits per heavy atom. The zero-order valence-corrected chi connectivity index (χ0v) is 20.3. The molecule has 1 unspecified atom stereocenters. The van der Waals surface area contributed by atoms with Crippen LogP contribution in [-0.2, 0) is 25.4 Å². The van der Waals surface area contributed by atoms with E-state index in [2.05, 4.69) is 36.4 Å². The van der Waals surface area contributed by atoms with Crippen LogP contribution in [0, 0.1) is 0 Å². The van der Waals surface area contributed by atoms with Crippen molar-refractivity contribution in [3.63, 3.8) is 0 Å². The lowest BCUT2D eigenvalue weighted by molar-refractivity contribution is -0.156. The van der Waals surface area contributed by atoms with E-state index in [4.69, 9.17) is 18.9 Å². The molecule has 5 heteroatoms. The number of fused-ring (bicyclic) bond motifs is 2. The minimum absolute atomic E-state index is 0.151. The van der Waals surface area contributed by atoms with E-state index in [1.54, 1.807) is 6.92 Å². The molecule has 1 atom stereocenters. The van der Waals surface area contributed by atoms with Gasteiger partial charge in [0.25, 0.3) is 0 Å². The van der Waals surface area contributed by atoms with E-state index in [-0.39, 0.29) is 12.1 Å². The zero-order valence-electron chi connectivity index (χ0n) is 20.3. The first-order valence-electron chi connectivity index (χ1n) is 12.2. The fourth-order valence-electron chi connectivity index (χ4n) is 4.24. The Morgan fingerprint density at radius 3 is 2.03 bits per heavy atom. The quantitative estimate of drug-likeness (QED) is 0.258. The van der Waals surface area contributed by atoms with Gasteiger partial charge in [0.1, 0.15) is 18.5 Å². The number of carbonyl (C=O) groups is 1. The second kappa shape index (κ2) is 12.3. The lowest BCUT2D eigenvalue weighted by Crippen LogP contribution is -2.28. The Balaban J connectivity index is 1.34. The van der Waals surface area contributed by atoms with Gasteiger partial charge in [-0.25, -0.2) is 4.79 Å². The highest BCUT2D eigenvalue weighted by molar-refractivity contribution is 5.76. The van der Waals surface area contributed by atoms with E-state index in [1.165, 1.54) is 11.1 Å². The number of carbonyl (C=O) groups excluding carboxylic acids is 1. The van der Waals surface area contributed by atoms with Crippen LogP contribution in [0.3, 0.4) is 0 Å². The number of rotatable bonds is 11. The van der Waals surface area contributed by atoms with E-state index in [0.717, 1.165) is 22.4 Å². The summed E-state index contributed by atoms with van der Waals surface area (Å²) in [6.07, 6.45) is 4.01. The van der Waals surface area contributed by atoms with E-state index in [9.17, 15) is 4.79 Å². The van der Waals surface area contributed by atoms with Crippen LogP contribution < -0.4 is 4.74 Å². The monoisotopic (exact) mass is 472 g/mol. The van der Waals surface area contributed by atoms with Crippen molar-refractivity contribution in [2.45, 2.75) is 32.5 Å². The molecule has 0 amide bonds. The fourth-order valence-corrected chi connectivity index (χ4v) is 4.24. The smallest absolute Gasteiger partial charge is 0.335 e. The number of esters is 1. The molecule has 0 radical (unpaired) electrons. The first-order valence-corrected chi connectivity index (χ1v) is 12.2. The van der Waals surface area contributed by atoms with Crippen LogP contribution in [0.1, 0.15) is 47.8 Å². The Hall–Kier alpha value is -3.41. The SMILES string of the molecule is CCOC(=O)C(Cc1ccc(OCCOC2c3ccccc3C=Cc3ccccc32)cc1)OCC. The van der Waals surface area contributed by atoms with Gasteiger partial charge in [-0.2, -0.15) is 0 Å². The average molecular weight is 473 g/mol. The molecule has 0 spiro atoms. The summed E-state index contributed by atoms with van der Waals surface area (Å²) in [5, 5.41) is 0. The Labute approximate surface area is 207 Å². The average Bonchev–Trinajstić information content (AvgIpc) is 3.04. The molecule has 0 saturated carbocycles. The van der Waals surface area contributed by atoms with Gasteiger partial charge in [-0.3, -0.25) is 0 Å². The topological polar surface area (TPSA) is 54.0 Å². The Morgan fingerprint density at radius 2 is 1.43 bits per heavy atom. The molecule has 182 valence electrons. The highest BCUT2D eigenvalue weighted by atomic mass is 16.6. The van der Waals surface area contributed by atoms with Crippen LogP contribution in [0.4, 0.5) is 0 Å². The summed E-state index contributed by atoms with van der Waals surface area (Å²) in [6, 6.07) is 24.4. The first-order chi connectivity index (χ1) is 17.2. The minimum atomic E-state index is -0.597. The van der Waals surface area contributed by atoms with Crippen LogP contribution in [-0.4, -0.2) is 38.5 Å². The summed E-state index contributed by atoms with van der Waals surface area (Å²) in [7, 11) is 0. The van der Waals surface area contributed by atoms with Crippen molar-refractivity contribution in [2.75, 3.05) is 26.4 Å². The molecule has 0 aliphatic heterocycles. The highest BCUT2D eigenvalue weighted by Gasteiger charge is 2.22. The van der Waals surface area contributed by atoms with Gasteiger partial charge in [0.2, 0.25) is 0 Å². The van der Waals surface area contributed by atoms with Crippen molar-refractivity contribution in [2.24, 2.45) is 0 Å². The Kier molecular flexibility index (Phi) is 8.71. The molecule has 0 bridgehead atoms. The number of benzene rings is 3. The maximum atomic E-state index is 12.1. The summed E-state index contributed by atoms with van der Waals surface area (Å²) >= 11 is 0. The van der Waals surface area contributed by atoms with Gasteiger partial charge in [0, 0.05) is 13.0 Å². The standard InChI is InChI=1S/C30H32O5/c1-3-32-28(30(31)33-4-2)21-22-13-17-25(18-14-22)34-19-20-35-29-26-11-7-5-9-23(26)15-16-24-10-6-8-12-27(24)29/h5-18,28-29H,3-4,19-21H2,1-2H3. The summed E-state index contributed by atoms with van der Waals surface area (Å²) in [5.41, 5.74) is 5.63. The first kappa shape index (κ1) is 24.7. The Bertz CT molecular complexity index is 1090. The summed E-state index contributed by atoms with van der Waals surface area (Å²) < 4.78 is 23.0. The van der Waals surface area contributed by atoms with E-state index in [0.29, 0.717) is 32.8 Å². The zero-order chi connectivity index (χ0) is 24.5. The van der Waals surface area contributed by atoms with Gasteiger partial charge >= 0.3 is 5.97 Å². The summed E-state index contributed by atoms with van der Waals surface area (Å²) in [4.78, 5) is 12.1. The predicted octanol–water partition coefficient (Wildman–Crippen LogP) is 5.87. The largest absolute Gasteiger partial charge is 0.491 e. The van der Waals surface area contributed by atoms with Crippen LogP contribution in [0.25, 0.3) is 12.2 Å². The second-order valence-corrected chi connectivity index (χ2v) is 8.23. The van der Waals surface area contributed by atoms with Gasteiger partial charge in [0.15, 0.2) is 6.10 Å². The number of hydrogen-bond donors (Lipinski definition) is 0. The fraction of sp³-hybridized carbons (Fsp3) is 0.300. The van der Waals surface area contributed by atoms with Gasteiger partial charge < -0.3 is 18.9 Å². The predicted molar refractivity (Wildman–Crippen MR) is 137 cm³/mol. The van der Waals surface area contributed by atoms with Gasteiger partial charge in [-0.1, -0.05) is 72.8 Å². The molecule has 0 saturated heterocycles. The third-order valence-electron chi connectivity index (χ3n) is 5.90. The molecule has 3 aromatic rings. The molecule has 35 heavy (non-hydrogen) atoms. The van der Waals surface area contributed by atoms with Gasteiger partial charge in [-0.15, -0.1) is 0 Å². The maximum absolute atomic E-state index is 12.1. The van der Waals surface area contributed by atoms with Crippen LogP contribution in [0.5, 0.6) is 5.75 Å². The van der Waals surface area contributed by atoms with Crippen molar-refractivity contribution in [1.82, 2.24) is 0 Å². The number of hydrogen-bond acceptors (Lipinski definition) is 5. The van der Waals surface area contributed by atoms with Crippen molar-refractivity contribution in [3.8, 4) is 5.75 Å². The molecule has 0 N–H and O–H groups in total. The summed E-state index contributed by atoms with van der Waals surface area (Å²) in [6.45, 7) is 5.33. The van der Waals surface area contributed by atoms with Crippen LogP contribution in [0.2, 0.25) is 0 Å². The van der Waals surface area contributed by atoms with Gasteiger partial charge in [0.05, 0.1) is 13.2 Å². The lowest BCUT2D eigenvalue weighted by Gasteiger charge is -2.21. The molecule has 1 aliphatic carbocycles. The second-order valence-electron chi connectivity index (χ2n) is 8.23. The molecule has 4 rings (SSSR count). The van der Waals surface area contributed by atoms with Crippen LogP contribution >= 0.6 is 0 Å². The van der Waals surface area contributed by atoms with Crippen LogP contribution in [0.15, 0.2) is 72.8 Å². The maximum Gasteiger partial charge on any atom is 0.335 e. The van der Waals surface area contributed by atoms with E-state index >= 15 is 0 Å². The molecule has 5 nitrogen and oxygen atoms in total. The highest BCUT2D eigenvalue weighted by Crippen LogP contribution is 2.35. The molecular formula is C30H32O5. The van der Waals surface area contributed by atoms with Crippen molar-refractivity contribution in [3.05, 3.63) is 101 Å². The van der Waals surface area contributed by atoms with Gasteiger partial charge in [-0.05, 0) is 53.8 Å². The molecule has 3 aromatic carbocycles. The molecule has 0 aromatic heterocycles. The third-order valence-corrected chi connectivity index (χ3v) is 5.90. The van der Waals surface area contributed by atoms with E-state index < -0.39 is 6.10 Å². The molecule has 1 aliphatic rings. The normalized spacial score (nSPS) is 13.4.